The van der Waals surface area contributed by atoms with E-state index < -0.39 is 12.1 Å². The van der Waals surface area contributed by atoms with Crippen LogP contribution >= 0.6 is 0 Å². The normalized spacial score (nSPS) is 20.0. The second-order valence-corrected chi connectivity index (χ2v) is 7.85. The van der Waals surface area contributed by atoms with E-state index in [-0.39, 0.29) is 30.0 Å². The lowest BCUT2D eigenvalue weighted by Crippen LogP contribution is -2.53. The van der Waals surface area contributed by atoms with Gasteiger partial charge >= 0.3 is 12.1 Å². The van der Waals surface area contributed by atoms with Crippen molar-refractivity contribution in [2.75, 3.05) is 36.4 Å². The highest BCUT2D eigenvalue weighted by Crippen LogP contribution is 2.43. The molecule has 0 saturated carbocycles. The van der Waals surface area contributed by atoms with Crippen molar-refractivity contribution in [3.05, 3.63) is 46.9 Å². The summed E-state index contributed by atoms with van der Waals surface area (Å²) in [6, 6.07) is 9.73. The van der Waals surface area contributed by atoms with Gasteiger partial charge < -0.3 is 24.1 Å². The topological polar surface area (TPSA) is 100 Å². The van der Waals surface area contributed by atoms with Crippen LogP contribution in [0.5, 0.6) is 11.5 Å². The molecule has 1 atom stereocenters. The van der Waals surface area contributed by atoms with Gasteiger partial charge in [0.25, 0.3) is 0 Å². The van der Waals surface area contributed by atoms with Gasteiger partial charge in [0.15, 0.2) is 17.1 Å². The summed E-state index contributed by atoms with van der Waals surface area (Å²) in [6.45, 7) is 4.05. The van der Waals surface area contributed by atoms with Crippen LogP contribution < -0.4 is 25.4 Å². The Balaban J connectivity index is 1.19. The maximum atomic E-state index is 13.3. The molecular weight excluding hydrogens is 426 g/mol. The van der Waals surface area contributed by atoms with Gasteiger partial charge in [0.2, 0.25) is 5.91 Å². The number of benzene rings is 2. The molecule has 32 heavy (non-hydrogen) atoms. The minimum Gasteiger partial charge on any atom is -0.408 e. The van der Waals surface area contributed by atoms with Crippen molar-refractivity contribution < 1.29 is 27.5 Å². The van der Waals surface area contributed by atoms with E-state index in [1.807, 2.05) is 11.8 Å². The predicted octanol–water partition coefficient (Wildman–Crippen LogP) is 2.59. The molecule has 3 heterocycles. The lowest BCUT2D eigenvalue weighted by atomic mass is 10.1. The molecule has 0 bridgehead atoms. The van der Waals surface area contributed by atoms with E-state index in [1.165, 1.54) is 6.07 Å². The number of nitrogens with zero attached hydrogens (tertiary/aromatic N) is 2. The second-order valence-electron chi connectivity index (χ2n) is 7.85. The number of ether oxygens (including phenoxy) is 2. The zero-order valence-electron chi connectivity index (χ0n) is 17.1. The first kappa shape index (κ1) is 20.3. The Kier molecular flexibility index (Phi) is 4.77. The molecule has 5 rings (SSSR count). The zero-order chi connectivity index (χ0) is 22.5. The minimum absolute atomic E-state index is 0.0109. The maximum Gasteiger partial charge on any atom is 0.586 e. The van der Waals surface area contributed by atoms with E-state index in [0.717, 1.165) is 5.69 Å². The third kappa shape index (κ3) is 3.98. The fraction of sp³-hybridized carbons (Fsp3) is 0.333. The summed E-state index contributed by atoms with van der Waals surface area (Å²) in [6.07, 6.45) is -3.64. The third-order valence-corrected chi connectivity index (χ3v) is 5.50. The molecule has 1 fully saturated rings. The Morgan fingerprint density at radius 1 is 1.19 bits per heavy atom. The largest absolute Gasteiger partial charge is 0.586 e. The van der Waals surface area contributed by atoms with Gasteiger partial charge in [-0.2, -0.15) is 0 Å². The van der Waals surface area contributed by atoms with Crippen LogP contribution in [0.25, 0.3) is 11.1 Å². The second kappa shape index (κ2) is 7.52. The summed E-state index contributed by atoms with van der Waals surface area (Å²) in [5.41, 5.74) is 2.22. The van der Waals surface area contributed by atoms with Crippen molar-refractivity contribution in [2.45, 2.75) is 19.3 Å². The van der Waals surface area contributed by atoms with Gasteiger partial charge in [0, 0.05) is 49.2 Å². The molecular formula is C21H20F2N4O5. The van der Waals surface area contributed by atoms with E-state index in [9.17, 15) is 18.4 Å². The Hall–Kier alpha value is -3.60. The number of amides is 1. The van der Waals surface area contributed by atoms with Crippen LogP contribution in [-0.2, 0) is 4.79 Å². The number of aromatic nitrogens is 1. The molecule has 0 aliphatic carbocycles. The highest BCUT2D eigenvalue weighted by molar-refractivity contribution is 5.94. The van der Waals surface area contributed by atoms with Gasteiger partial charge in [-0.1, -0.05) is 0 Å². The van der Waals surface area contributed by atoms with Crippen LogP contribution in [0, 0.1) is 0 Å². The Morgan fingerprint density at radius 2 is 2.00 bits per heavy atom. The number of fused-ring (bicyclic) bond motifs is 2. The average Bonchev–Trinajstić information content (AvgIpc) is 3.23. The number of halogens is 2. The average molecular weight is 446 g/mol. The lowest BCUT2D eigenvalue weighted by molar-refractivity contribution is -0.286. The monoisotopic (exact) mass is 446 g/mol. The van der Waals surface area contributed by atoms with Gasteiger partial charge in [-0.15, -0.1) is 8.78 Å². The van der Waals surface area contributed by atoms with Crippen molar-refractivity contribution in [3.8, 4) is 11.5 Å². The highest BCUT2D eigenvalue weighted by atomic mass is 19.3. The molecule has 9 nitrogen and oxygen atoms in total. The SMILES string of the molecule is C[C@@H]1CN(CC(=O)Nc2ccc3[nH]c(=O)oc3c2)CCN1c1ccc2c(c1)OC(F)(F)O2. The van der Waals surface area contributed by atoms with Crippen molar-refractivity contribution in [1.82, 2.24) is 9.88 Å². The standard InChI is InChI=1S/C21H20F2N4O5/c1-12-10-26(11-19(28)24-13-2-4-15-17(8-13)30-20(29)25-15)6-7-27(12)14-3-5-16-18(9-14)32-21(22,23)31-16/h2-5,8-9,12H,6-7,10-11H2,1H3,(H,24,28)(H,25,29)/t12-/m1/s1. The number of hydrogen-bond acceptors (Lipinski definition) is 7. The number of anilines is 2. The van der Waals surface area contributed by atoms with Crippen LogP contribution in [0.1, 0.15) is 6.92 Å². The van der Waals surface area contributed by atoms with Crippen molar-refractivity contribution in [1.29, 1.82) is 0 Å². The first-order chi connectivity index (χ1) is 15.3. The van der Waals surface area contributed by atoms with Crippen molar-refractivity contribution in [2.24, 2.45) is 0 Å². The van der Waals surface area contributed by atoms with Crippen LogP contribution in [-0.4, -0.2) is 54.3 Å². The van der Waals surface area contributed by atoms with Crippen molar-refractivity contribution >= 4 is 28.4 Å². The predicted molar refractivity (Wildman–Crippen MR) is 111 cm³/mol. The fourth-order valence-corrected chi connectivity index (χ4v) is 4.10. The first-order valence-electron chi connectivity index (χ1n) is 10.1. The summed E-state index contributed by atoms with van der Waals surface area (Å²) >= 11 is 0. The summed E-state index contributed by atoms with van der Waals surface area (Å²) in [7, 11) is 0. The van der Waals surface area contributed by atoms with E-state index in [0.29, 0.717) is 36.4 Å². The maximum absolute atomic E-state index is 13.3. The molecule has 0 unspecified atom stereocenters. The van der Waals surface area contributed by atoms with Gasteiger partial charge in [-0.05, 0) is 31.2 Å². The molecule has 3 aromatic rings. The Morgan fingerprint density at radius 3 is 2.81 bits per heavy atom. The molecule has 2 aliphatic heterocycles. The van der Waals surface area contributed by atoms with Crippen molar-refractivity contribution in [3.63, 3.8) is 0 Å². The number of carbonyl (C=O) groups excluding carboxylic acids is 1. The van der Waals surface area contributed by atoms with Gasteiger partial charge in [0.1, 0.15) is 0 Å². The minimum atomic E-state index is -3.64. The third-order valence-electron chi connectivity index (χ3n) is 5.50. The Bertz CT molecular complexity index is 1240. The molecule has 2 aromatic carbocycles. The van der Waals surface area contributed by atoms with Gasteiger partial charge in [-0.3, -0.25) is 14.7 Å². The number of alkyl halides is 2. The molecule has 0 spiro atoms. The smallest absolute Gasteiger partial charge is 0.408 e. The first-order valence-corrected chi connectivity index (χ1v) is 10.1. The number of nitrogens with one attached hydrogen (secondary N) is 2. The summed E-state index contributed by atoms with van der Waals surface area (Å²) in [5.74, 6) is -0.713. The lowest BCUT2D eigenvalue weighted by Gasteiger charge is -2.41. The van der Waals surface area contributed by atoms with E-state index in [4.69, 9.17) is 4.42 Å². The molecule has 0 radical (unpaired) electrons. The van der Waals surface area contributed by atoms with Crippen LogP contribution in [0.2, 0.25) is 0 Å². The van der Waals surface area contributed by atoms with E-state index in [2.05, 4.69) is 24.7 Å². The summed E-state index contributed by atoms with van der Waals surface area (Å²) < 4.78 is 40.5. The highest BCUT2D eigenvalue weighted by Gasteiger charge is 2.43. The van der Waals surface area contributed by atoms with E-state index >= 15 is 0 Å². The van der Waals surface area contributed by atoms with Gasteiger partial charge in [-0.25, -0.2) is 4.79 Å². The summed E-state index contributed by atoms with van der Waals surface area (Å²) in [5, 5.41) is 2.81. The fourth-order valence-electron chi connectivity index (χ4n) is 4.10. The molecule has 1 amide bonds. The summed E-state index contributed by atoms with van der Waals surface area (Å²) in [4.78, 5) is 30.4. The number of hydrogen-bond donors (Lipinski definition) is 2. The van der Waals surface area contributed by atoms with Gasteiger partial charge in [0.05, 0.1) is 12.1 Å². The van der Waals surface area contributed by atoms with E-state index in [1.54, 1.807) is 30.3 Å². The molecule has 2 aliphatic rings. The molecule has 168 valence electrons. The van der Waals surface area contributed by atoms with Crippen LogP contribution in [0.15, 0.2) is 45.6 Å². The number of carbonyl (C=O) groups is 1. The molecule has 11 heteroatoms. The quantitative estimate of drug-likeness (QED) is 0.636. The number of piperazine rings is 1. The van der Waals surface area contributed by atoms with Crippen LogP contribution in [0.3, 0.4) is 0 Å². The Labute approximate surface area is 180 Å². The number of rotatable bonds is 4. The zero-order valence-corrected chi connectivity index (χ0v) is 17.1. The number of aromatic amines is 1. The molecule has 1 saturated heterocycles. The number of H-pyrrole nitrogens is 1. The number of oxazole rings is 1. The van der Waals surface area contributed by atoms with Crippen LogP contribution in [0.4, 0.5) is 20.2 Å². The molecule has 2 N–H and O–H groups in total. The molecule has 1 aromatic heterocycles.